The van der Waals surface area contributed by atoms with Crippen LogP contribution in [0.4, 0.5) is 0 Å². The van der Waals surface area contributed by atoms with E-state index in [1.54, 1.807) is 12.1 Å². The molecule has 0 aliphatic rings. The average Bonchev–Trinajstić information content (AvgIpc) is 2.26. The van der Waals surface area contributed by atoms with Crippen LogP contribution in [-0.2, 0) is 0 Å². The zero-order valence-electron chi connectivity index (χ0n) is 8.16. The van der Waals surface area contributed by atoms with Crippen molar-refractivity contribution >= 4 is 5.91 Å². The van der Waals surface area contributed by atoms with Crippen molar-refractivity contribution < 1.29 is 4.79 Å². The Labute approximate surface area is 84.3 Å². The van der Waals surface area contributed by atoms with Gasteiger partial charge < -0.3 is 5.32 Å². The van der Waals surface area contributed by atoms with Gasteiger partial charge in [0.2, 0.25) is 0 Å². The van der Waals surface area contributed by atoms with Crippen LogP contribution in [0.2, 0.25) is 0 Å². The van der Waals surface area contributed by atoms with Crippen molar-refractivity contribution in [1.29, 1.82) is 0 Å². The fraction of sp³-hybridized carbons (Fsp3) is 0.250. The molecular formula is C12H13NO. The fourth-order valence-electron chi connectivity index (χ4n) is 0.996. The van der Waals surface area contributed by atoms with Crippen molar-refractivity contribution in [3.05, 3.63) is 35.9 Å². The summed E-state index contributed by atoms with van der Waals surface area (Å²) in [7, 11) is 0. The molecule has 0 heterocycles. The predicted octanol–water partition coefficient (Wildman–Crippen LogP) is 1.69. The molecule has 0 fully saturated rings. The highest BCUT2D eigenvalue weighted by Crippen LogP contribution is 1.98. The molecule has 0 saturated heterocycles. The molecule has 14 heavy (non-hydrogen) atoms. The van der Waals surface area contributed by atoms with E-state index in [1.165, 1.54) is 0 Å². The van der Waals surface area contributed by atoms with Crippen LogP contribution in [0.5, 0.6) is 0 Å². The highest BCUT2D eigenvalue weighted by atomic mass is 16.1. The van der Waals surface area contributed by atoms with Gasteiger partial charge in [0.25, 0.3) is 5.91 Å². The van der Waals surface area contributed by atoms with E-state index in [0.29, 0.717) is 12.1 Å². The van der Waals surface area contributed by atoms with Gasteiger partial charge in [0, 0.05) is 18.0 Å². The molecule has 0 unspecified atom stereocenters. The fourth-order valence-corrected chi connectivity index (χ4v) is 0.996. The summed E-state index contributed by atoms with van der Waals surface area (Å²) in [5, 5.41) is 2.77. The summed E-state index contributed by atoms with van der Waals surface area (Å²) in [5.74, 6) is 2.55. The zero-order chi connectivity index (χ0) is 10.4. The van der Waals surface area contributed by atoms with Crippen molar-refractivity contribution in [2.45, 2.75) is 6.92 Å². The number of nitrogens with one attached hydrogen (secondary N) is 1. The van der Waals surface area contributed by atoms with E-state index in [1.807, 2.05) is 25.1 Å². The Balaban J connectivity index is 2.49. The van der Waals surface area contributed by atoms with Gasteiger partial charge in [0.15, 0.2) is 0 Å². The third-order valence-electron chi connectivity index (χ3n) is 1.89. The monoisotopic (exact) mass is 187 g/mol. The van der Waals surface area contributed by atoms with Crippen LogP contribution in [0.1, 0.15) is 17.3 Å². The molecule has 2 heteroatoms. The normalized spacial score (nSPS) is 11.4. The van der Waals surface area contributed by atoms with Crippen LogP contribution < -0.4 is 5.32 Å². The summed E-state index contributed by atoms with van der Waals surface area (Å²) in [6.07, 6.45) is 5.20. The van der Waals surface area contributed by atoms with Crippen molar-refractivity contribution in [3.63, 3.8) is 0 Å². The summed E-state index contributed by atoms with van der Waals surface area (Å²) in [5.41, 5.74) is 0.664. The molecule has 1 atom stereocenters. The first-order valence-electron chi connectivity index (χ1n) is 4.53. The Morgan fingerprint density at radius 2 is 2.14 bits per heavy atom. The smallest absolute Gasteiger partial charge is 0.251 e. The molecule has 2 nitrogen and oxygen atoms in total. The minimum atomic E-state index is -0.0762. The maximum atomic E-state index is 11.5. The molecule has 0 spiro atoms. The van der Waals surface area contributed by atoms with Crippen molar-refractivity contribution in [2.24, 2.45) is 5.92 Å². The van der Waals surface area contributed by atoms with E-state index in [4.69, 9.17) is 6.42 Å². The van der Waals surface area contributed by atoms with Gasteiger partial charge in [-0.25, -0.2) is 0 Å². The van der Waals surface area contributed by atoms with E-state index < -0.39 is 0 Å². The van der Waals surface area contributed by atoms with E-state index in [-0.39, 0.29) is 11.8 Å². The van der Waals surface area contributed by atoms with Crippen molar-refractivity contribution in [1.82, 2.24) is 5.32 Å². The Morgan fingerprint density at radius 1 is 1.50 bits per heavy atom. The van der Waals surface area contributed by atoms with Crippen LogP contribution in [0.25, 0.3) is 0 Å². The third kappa shape index (κ3) is 2.95. The number of hydrogen-bond donors (Lipinski definition) is 1. The van der Waals surface area contributed by atoms with Gasteiger partial charge >= 0.3 is 0 Å². The van der Waals surface area contributed by atoms with Crippen LogP contribution in [0.15, 0.2) is 30.3 Å². The largest absolute Gasteiger partial charge is 0.351 e. The lowest BCUT2D eigenvalue weighted by Gasteiger charge is -2.06. The Hall–Kier alpha value is -1.75. The summed E-state index contributed by atoms with van der Waals surface area (Å²) >= 11 is 0. The molecule has 0 aromatic heterocycles. The molecule has 0 saturated carbocycles. The lowest BCUT2D eigenvalue weighted by Crippen LogP contribution is -2.27. The molecule has 0 radical (unpaired) electrons. The van der Waals surface area contributed by atoms with E-state index in [9.17, 15) is 4.79 Å². The second-order valence-electron chi connectivity index (χ2n) is 3.14. The average molecular weight is 187 g/mol. The van der Waals surface area contributed by atoms with E-state index >= 15 is 0 Å². The van der Waals surface area contributed by atoms with Crippen molar-refractivity contribution in [2.75, 3.05) is 6.54 Å². The minimum Gasteiger partial charge on any atom is -0.351 e. The Kier molecular flexibility index (Phi) is 3.75. The number of carbonyl (C=O) groups is 1. The van der Waals surface area contributed by atoms with E-state index in [0.717, 1.165) is 0 Å². The molecule has 1 rings (SSSR count). The first kappa shape index (κ1) is 10.3. The lowest BCUT2D eigenvalue weighted by molar-refractivity contribution is 0.0951. The summed E-state index contributed by atoms with van der Waals surface area (Å²) in [6.45, 7) is 2.41. The topological polar surface area (TPSA) is 29.1 Å². The SMILES string of the molecule is C#C[C@H](C)CNC(=O)c1ccccc1. The molecule has 72 valence electrons. The number of terminal acetylenes is 1. The van der Waals surface area contributed by atoms with Crippen LogP contribution in [0, 0.1) is 18.3 Å². The molecule has 1 amide bonds. The number of carbonyl (C=O) groups excluding carboxylic acids is 1. The molecule has 0 aliphatic heterocycles. The second kappa shape index (κ2) is 5.08. The minimum absolute atomic E-state index is 0.0719. The number of benzene rings is 1. The van der Waals surface area contributed by atoms with Crippen molar-refractivity contribution in [3.8, 4) is 12.3 Å². The lowest BCUT2D eigenvalue weighted by atomic mass is 10.2. The zero-order valence-corrected chi connectivity index (χ0v) is 8.16. The molecule has 1 aromatic carbocycles. The molecule has 0 aliphatic carbocycles. The Morgan fingerprint density at radius 3 is 2.71 bits per heavy atom. The number of amides is 1. The highest BCUT2D eigenvalue weighted by molar-refractivity contribution is 5.94. The van der Waals surface area contributed by atoms with Gasteiger partial charge in [0.1, 0.15) is 0 Å². The van der Waals surface area contributed by atoms with Gasteiger partial charge in [-0.3, -0.25) is 4.79 Å². The second-order valence-corrected chi connectivity index (χ2v) is 3.14. The van der Waals surface area contributed by atoms with Gasteiger partial charge in [-0.05, 0) is 19.1 Å². The highest BCUT2D eigenvalue weighted by Gasteiger charge is 2.04. The standard InChI is InChI=1S/C12H13NO/c1-3-10(2)9-13-12(14)11-7-5-4-6-8-11/h1,4-8,10H,9H2,2H3,(H,13,14)/t10-/m0/s1. The summed E-state index contributed by atoms with van der Waals surface area (Å²) in [4.78, 5) is 11.5. The number of hydrogen-bond acceptors (Lipinski definition) is 1. The maximum Gasteiger partial charge on any atom is 0.251 e. The predicted molar refractivity (Wildman–Crippen MR) is 56.8 cm³/mol. The van der Waals surface area contributed by atoms with Gasteiger partial charge in [0.05, 0.1) is 0 Å². The van der Waals surface area contributed by atoms with Crippen LogP contribution >= 0.6 is 0 Å². The first-order chi connectivity index (χ1) is 6.74. The quantitative estimate of drug-likeness (QED) is 0.717. The molecule has 1 aromatic rings. The van der Waals surface area contributed by atoms with Crippen LogP contribution in [0.3, 0.4) is 0 Å². The van der Waals surface area contributed by atoms with Gasteiger partial charge in [-0.15, -0.1) is 12.3 Å². The number of rotatable bonds is 3. The molecule has 1 N–H and O–H groups in total. The van der Waals surface area contributed by atoms with Gasteiger partial charge in [-0.1, -0.05) is 18.2 Å². The van der Waals surface area contributed by atoms with E-state index in [2.05, 4.69) is 11.2 Å². The van der Waals surface area contributed by atoms with Gasteiger partial charge in [-0.2, -0.15) is 0 Å². The summed E-state index contributed by atoms with van der Waals surface area (Å²) in [6, 6.07) is 9.09. The first-order valence-corrected chi connectivity index (χ1v) is 4.53. The summed E-state index contributed by atoms with van der Waals surface area (Å²) < 4.78 is 0. The molecule has 0 bridgehead atoms. The maximum absolute atomic E-state index is 11.5. The Bertz CT molecular complexity index is 337. The van der Waals surface area contributed by atoms with Crippen LogP contribution in [-0.4, -0.2) is 12.5 Å². The molecular weight excluding hydrogens is 174 g/mol. The third-order valence-corrected chi connectivity index (χ3v) is 1.89.